The largest absolute Gasteiger partial charge is 0.477 e. The maximum absolute atomic E-state index is 10.7. The number of aliphatic hydroxyl groups excluding tert-OH is 1. The van der Waals surface area contributed by atoms with Crippen LogP contribution in [0.5, 0.6) is 0 Å². The monoisotopic (exact) mass is 237 g/mol. The molecular weight excluding hydrogens is 222 g/mol. The Kier molecular flexibility index (Phi) is 3.53. The van der Waals surface area contributed by atoms with Crippen molar-refractivity contribution in [1.82, 2.24) is 9.97 Å². The van der Waals surface area contributed by atoms with Crippen molar-refractivity contribution >= 4 is 11.9 Å². The molecule has 2 atom stereocenters. The van der Waals surface area contributed by atoms with Gasteiger partial charge in [-0.3, -0.25) is 0 Å². The molecule has 1 fully saturated rings. The van der Waals surface area contributed by atoms with Crippen LogP contribution in [0.1, 0.15) is 29.8 Å². The summed E-state index contributed by atoms with van der Waals surface area (Å²) in [5.74, 6) is -0.333. The zero-order valence-corrected chi connectivity index (χ0v) is 9.33. The number of nitrogens with one attached hydrogen (secondary N) is 1. The van der Waals surface area contributed by atoms with Gasteiger partial charge in [-0.15, -0.1) is 0 Å². The van der Waals surface area contributed by atoms with Crippen LogP contribution in [-0.2, 0) is 0 Å². The first kappa shape index (κ1) is 11.8. The number of hydrogen-bond acceptors (Lipinski definition) is 5. The zero-order valence-electron chi connectivity index (χ0n) is 9.33. The predicted molar refractivity (Wildman–Crippen MR) is 60.8 cm³/mol. The van der Waals surface area contributed by atoms with E-state index in [1.54, 1.807) is 0 Å². The molecule has 1 saturated carbocycles. The van der Waals surface area contributed by atoms with Crippen LogP contribution in [0.25, 0.3) is 0 Å². The second-order valence-corrected chi connectivity index (χ2v) is 4.28. The lowest BCUT2D eigenvalue weighted by atomic mass is 10.1. The van der Waals surface area contributed by atoms with Crippen LogP contribution in [0.2, 0.25) is 0 Å². The summed E-state index contributed by atoms with van der Waals surface area (Å²) in [7, 11) is 0. The minimum atomic E-state index is -1.06. The third-order valence-electron chi connectivity index (χ3n) is 2.94. The highest BCUT2D eigenvalue weighted by Crippen LogP contribution is 2.25. The highest BCUT2D eigenvalue weighted by Gasteiger charge is 2.22. The standard InChI is InChI=1S/C11H15N3O3/c15-8-2-1-7(5-8)6-13-11-12-4-3-9(14-11)10(16)17/h3-4,7-8,15H,1-2,5-6H2,(H,16,17)(H,12,13,14). The summed E-state index contributed by atoms with van der Waals surface area (Å²) in [6, 6.07) is 1.35. The van der Waals surface area contributed by atoms with Crippen LogP contribution in [0.4, 0.5) is 5.95 Å². The average molecular weight is 237 g/mol. The van der Waals surface area contributed by atoms with Gasteiger partial charge in [0.2, 0.25) is 5.95 Å². The number of carboxylic acids is 1. The number of carbonyl (C=O) groups is 1. The van der Waals surface area contributed by atoms with Gasteiger partial charge in [0.1, 0.15) is 0 Å². The van der Waals surface area contributed by atoms with Crippen LogP contribution < -0.4 is 5.32 Å². The van der Waals surface area contributed by atoms with E-state index in [-0.39, 0.29) is 11.8 Å². The molecule has 2 unspecified atom stereocenters. The number of carboxylic acid groups (broad SMARTS) is 1. The molecule has 0 bridgehead atoms. The zero-order chi connectivity index (χ0) is 12.3. The fraction of sp³-hybridized carbons (Fsp3) is 0.545. The predicted octanol–water partition coefficient (Wildman–Crippen LogP) is 0.748. The minimum Gasteiger partial charge on any atom is -0.477 e. The van der Waals surface area contributed by atoms with Gasteiger partial charge >= 0.3 is 5.97 Å². The van der Waals surface area contributed by atoms with Gasteiger partial charge in [0.15, 0.2) is 5.69 Å². The Bertz CT molecular complexity index is 411. The Morgan fingerprint density at radius 1 is 1.53 bits per heavy atom. The molecule has 1 aliphatic carbocycles. The number of aromatic nitrogens is 2. The summed E-state index contributed by atoms with van der Waals surface area (Å²) >= 11 is 0. The van der Waals surface area contributed by atoms with Gasteiger partial charge in [0.25, 0.3) is 0 Å². The van der Waals surface area contributed by atoms with E-state index in [4.69, 9.17) is 5.11 Å². The third kappa shape index (κ3) is 3.13. The molecule has 0 aliphatic heterocycles. The van der Waals surface area contributed by atoms with Crippen LogP contribution in [-0.4, -0.2) is 38.8 Å². The number of rotatable bonds is 4. The van der Waals surface area contributed by atoms with Crippen molar-refractivity contribution in [1.29, 1.82) is 0 Å². The second kappa shape index (κ2) is 5.09. The molecule has 0 spiro atoms. The molecule has 6 nitrogen and oxygen atoms in total. The van der Waals surface area contributed by atoms with E-state index in [1.807, 2.05) is 0 Å². The first-order valence-corrected chi connectivity index (χ1v) is 5.63. The molecule has 0 radical (unpaired) electrons. The Labute approximate surface area is 98.7 Å². The van der Waals surface area contributed by atoms with Crippen LogP contribution in [0.15, 0.2) is 12.3 Å². The second-order valence-electron chi connectivity index (χ2n) is 4.28. The molecule has 0 amide bonds. The number of hydrogen-bond donors (Lipinski definition) is 3. The SMILES string of the molecule is O=C(O)c1ccnc(NCC2CCC(O)C2)n1. The topological polar surface area (TPSA) is 95.3 Å². The van der Waals surface area contributed by atoms with Crippen LogP contribution in [0, 0.1) is 5.92 Å². The van der Waals surface area contributed by atoms with E-state index in [0.717, 1.165) is 19.3 Å². The molecule has 0 saturated heterocycles. The van der Waals surface area contributed by atoms with Gasteiger partial charge in [-0.2, -0.15) is 0 Å². The first-order valence-electron chi connectivity index (χ1n) is 5.63. The van der Waals surface area contributed by atoms with Crippen LogP contribution >= 0.6 is 0 Å². The first-order chi connectivity index (χ1) is 8.15. The summed E-state index contributed by atoms with van der Waals surface area (Å²) < 4.78 is 0. The maximum Gasteiger partial charge on any atom is 0.354 e. The van der Waals surface area contributed by atoms with Crippen LogP contribution in [0.3, 0.4) is 0 Å². The molecular formula is C11H15N3O3. The summed E-state index contributed by atoms with van der Waals surface area (Å²) in [6.45, 7) is 0.667. The van der Waals surface area contributed by atoms with E-state index in [2.05, 4.69) is 15.3 Å². The number of nitrogens with zero attached hydrogens (tertiary/aromatic N) is 2. The molecule has 3 N–H and O–H groups in total. The molecule has 2 rings (SSSR count). The van der Waals surface area contributed by atoms with Crippen molar-refractivity contribution in [3.63, 3.8) is 0 Å². The van der Waals surface area contributed by atoms with Crippen molar-refractivity contribution in [2.45, 2.75) is 25.4 Å². The molecule has 1 aromatic rings. The molecule has 17 heavy (non-hydrogen) atoms. The van der Waals surface area contributed by atoms with Gasteiger partial charge in [0, 0.05) is 12.7 Å². The molecule has 1 aromatic heterocycles. The Morgan fingerprint density at radius 3 is 3.00 bits per heavy atom. The number of aromatic carboxylic acids is 1. The normalized spacial score (nSPS) is 23.6. The quantitative estimate of drug-likeness (QED) is 0.715. The van der Waals surface area contributed by atoms with E-state index in [1.165, 1.54) is 12.3 Å². The van der Waals surface area contributed by atoms with Crippen molar-refractivity contribution < 1.29 is 15.0 Å². The molecule has 0 aromatic carbocycles. The lowest BCUT2D eigenvalue weighted by Crippen LogP contribution is -2.15. The lowest BCUT2D eigenvalue weighted by molar-refractivity contribution is 0.0690. The van der Waals surface area contributed by atoms with Crippen molar-refractivity contribution in [2.75, 3.05) is 11.9 Å². The van der Waals surface area contributed by atoms with Gasteiger partial charge in [0.05, 0.1) is 6.10 Å². The summed E-state index contributed by atoms with van der Waals surface area (Å²) in [5, 5.41) is 21.2. The molecule has 1 heterocycles. The number of anilines is 1. The summed E-state index contributed by atoms with van der Waals surface area (Å²) in [5.41, 5.74) is -0.0195. The van der Waals surface area contributed by atoms with Crippen molar-refractivity contribution in [3.05, 3.63) is 18.0 Å². The Morgan fingerprint density at radius 2 is 2.35 bits per heavy atom. The Hall–Kier alpha value is -1.69. The molecule has 1 aliphatic rings. The Balaban J connectivity index is 1.90. The summed E-state index contributed by atoms with van der Waals surface area (Å²) in [6.07, 6.45) is 3.82. The van der Waals surface area contributed by atoms with E-state index >= 15 is 0 Å². The molecule has 92 valence electrons. The smallest absolute Gasteiger partial charge is 0.354 e. The van der Waals surface area contributed by atoms with Gasteiger partial charge in [-0.1, -0.05) is 0 Å². The fourth-order valence-electron chi connectivity index (χ4n) is 2.03. The van der Waals surface area contributed by atoms with Gasteiger partial charge < -0.3 is 15.5 Å². The number of aliphatic hydroxyl groups is 1. The van der Waals surface area contributed by atoms with Crippen molar-refractivity contribution in [2.24, 2.45) is 5.92 Å². The fourth-order valence-corrected chi connectivity index (χ4v) is 2.03. The average Bonchev–Trinajstić information content (AvgIpc) is 2.73. The van der Waals surface area contributed by atoms with E-state index in [0.29, 0.717) is 18.4 Å². The highest BCUT2D eigenvalue weighted by atomic mass is 16.4. The van der Waals surface area contributed by atoms with E-state index < -0.39 is 5.97 Å². The molecule has 6 heteroatoms. The minimum absolute atomic E-state index is 0.0195. The van der Waals surface area contributed by atoms with Crippen molar-refractivity contribution in [3.8, 4) is 0 Å². The highest BCUT2D eigenvalue weighted by molar-refractivity contribution is 5.85. The van der Waals surface area contributed by atoms with E-state index in [9.17, 15) is 9.90 Å². The summed E-state index contributed by atoms with van der Waals surface area (Å²) in [4.78, 5) is 18.5. The van der Waals surface area contributed by atoms with Gasteiger partial charge in [-0.05, 0) is 31.2 Å². The maximum atomic E-state index is 10.7. The van der Waals surface area contributed by atoms with Gasteiger partial charge in [-0.25, -0.2) is 14.8 Å². The third-order valence-corrected chi connectivity index (χ3v) is 2.94. The lowest BCUT2D eigenvalue weighted by Gasteiger charge is -2.10.